The first-order valence-electron chi connectivity index (χ1n) is 4.77. The molecule has 0 saturated carbocycles. The second-order valence-corrected chi connectivity index (χ2v) is 3.00. The molecule has 1 amide bonds. The van der Waals surface area contributed by atoms with Gasteiger partial charge in [-0.3, -0.25) is 10.1 Å². The smallest absolute Gasteiger partial charge is 0.407 e. The van der Waals surface area contributed by atoms with Gasteiger partial charge in [0.25, 0.3) is 5.69 Å². The second-order valence-electron chi connectivity index (χ2n) is 3.00. The lowest BCUT2D eigenvalue weighted by Crippen LogP contribution is -2.23. The van der Waals surface area contributed by atoms with Crippen molar-refractivity contribution in [3.8, 4) is 0 Å². The fourth-order valence-electron chi connectivity index (χ4n) is 1.09. The first-order valence-corrected chi connectivity index (χ1v) is 4.77. The van der Waals surface area contributed by atoms with Crippen LogP contribution in [0.15, 0.2) is 24.3 Å². The van der Waals surface area contributed by atoms with E-state index in [0.29, 0.717) is 6.61 Å². The number of amides is 1. The van der Waals surface area contributed by atoms with Crippen LogP contribution in [-0.4, -0.2) is 17.6 Å². The standard InChI is InChI=1S/C10H12N2O4/c1-2-16-10(13)11-7-8-3-5-9(6-4-8)12(14)15/h3-6H,2,7H2,1H3,(H,11,13). The third-order valence-electron chi connectivity index (χ3n) is 1.86. The average molecular weight is 224 g/mol. The van der Waals surface area contributed by atoms with E-state index in [1.54, 1.807) is 19.1 Å². The normalized spacial score (nSPS) is 9.56. The molecule has 0 atom stereocenters. The zero-order valence-electron chi connectivity index (χ0n) is 8.80. The number of carbonyl (C=O) groups is 1. The molecule has 16 heavy (non-hydrogen) atoms. The van der Waals surface area contributed by atoms with Gasteiger partial charge >= 0.3 is 6.09 Å². The fourth-order valence-corrected chi connectivity index (χ4v) is 1.09. The molecular formula is C10H12N2O4. The molecule has 0 fully saturated rings. The summed E-state index contributed by atoms with van der Waals surface area (Å²) in [4.78, 5) is 20.9. The van der Waals surface area contributed by atoms with Crippen molar-refractivity contribution >= 4 is 11.8 Å². The Bertz CT molecular complexity index is 375. The van der Waals surface area contributed by atoms with Crippen molar-refractivity contribution in [3.63, 3.8) is 0 Å². The van der Waals surface area contributed by atoms with E-state index in [2.05, 4.69) is 10.1 Å². The van der Waals surface area contributed by atoms with E-state index >= 15 is 0 Å². The minimum absolute atomic E-state index is 0.0277. The minimum atomic E-state index is -0.499. The molecule has 0 aromatic heterocycles. The Morgan fingerprint density at radius 2 is 2.06 bits per heavy atom. The van der Waals surface area contributed by atoms with E-state index in [9.17, 15) is 14.9 Å². The molecule has 86 valence electrons. The zero-order valence-corrected chi connectivity index (χ0v) is 8.80. The topological polar surface area (TPSA) is 81.5 Å². The number of hydrogen-bond acceptors (Lipinski definition) is 4. The van der Waals surface area contributed by atoms with Gasteiger partial charge in [0.05, 0.1) is 11.5 Å². The molecule has 0 spiro atoms. The summed E-state index contributed by atoms with van der Waals surface area (Å²) in [5.41, 5.74) is 0.804. The van der Waals surface area contributed by atoms with E-state index in [1.807, 2.05) is 0 Å². The molecule has 0 aliphatic carbocycles. The maximum absolute atomic E-state index is 10.9. The van der Waals surface area contributed by atoms with Gasteiger partial charge in [-0.15, -0.1) is 0 Å². The Morgan fingerprint density at radius 1 is 1.44 bits per heavy atom. The monoisotopic (exact) mass is 224 g/mol. The van der Waals surface area contributed by atoms with Gasteiger partial charge in [-0.2, -0.15) is 0 Å². The van der Waals surface area contributed by atoms with Crippen LogP contribution in [0.4, 0.5) is 10.5 Å². The predicted octanol–water partition coefficient (Wildman–Crippen LogP) is 1.84. The van der Waals surface area contributed by atoms with E-state index in [4.69, 9.17) is 0 Å². The van der Waals surface area contributed by atoms with Gasteiger partial charge in [-0.1, -0.05) is 12.1 Å². The minimum Gasteiger partial charge on any atom is -0.450 e. The highest BCUT2D eigenvalue weighted by Crippen LogP contribution is 2.11. The number of nitro groups is 1. The van der Waals surface area contributed by atoms with Crippen LogP contribution in [0.25, 0.3) is 0 Å². The second kappa shape index (κ2) is 5.69. The third-order valence-corrected chi connectivity index (χ3v) is 1.86. The molecule has 0 aliphatic rings. The molecule has 0 bridgehead atoms. The zero-order chi connectivity index (χ0) is 12.0. The lowest BCUT2D eigenvalue weighted by Gasteiger charge is -2.04. The summed E-state index contributed by atoms with van der Waals surface area (Å²) in [6.07, 6.45) is -0.499. The van der Waals surface area contributed by atoms with Crippen LogP contribution in [0.1, 0.15) is 12.5 Å². The SMILES string of the molecule is CCOC(=O)NCc1ccc([N+](=O)[O-])cc1. The number of nitrogens with one attached hydrogen (secondary N) is 1. The number of hydrogen-bond donors (Lipinski definition) is 1. The Balaban J connectivity index is 2.49. The number of ether oxygens (including phenoxy) is 1. The molecule has 0 unspecified atom stereocenters. The molecule has 1 rings (SSSR count). The predicted molar refractivity (Wildman–Crippen MR) is 57.0 cm³/mol. The summed E-state index contributed by atoms with van der Waals surface area (Å²) >= 11 is 0. The lowest BCUT2D eigenvalue weighted by atomic mass is 10.2. The molecule has 1 aromatic rings. The van der Waals surface area contributed by atoms with E-state index in [0.717, 1.165) is 5.56 Å². The first-order chi connectivity index (χ1) is 7.63. The van der Waals surface area contributed by atoms with Crippen LogP contribution >= 0.6 is 0 Å². The fraction of sp³-hybridized carbons (Fsp3) is 0.300. The molecule has 0 radical (unpaired) electrons. The van der Waals surface area contributed by atoms with Gasteiger partial charge in [-0.25, -0.2) is 4.79 Å². The number of carbonyl (C=O) groups excluding carboxylic acids is 1. The highest BCUT2D eigenvalue weighted by molar-refractivity contribution is 5.67. The van der Waals surface area contributed by atoms with Gasteiger partial charge in [0.15, 0.2) is 0 Å². The molecule has 0 saturated heterocycles. The number of nitrogens with zero attached hydrogens (tertiary/aromatic N) is 1. The van der Waals surface area contributed by atoms with Gasteiger partial charge in [0, 0.05) is 18.7 Å². The van der Waals surface area contributed by atoms with Crippen molar-refractivity contribution in [1.82, 2.24) is 5.32 Å². The lowest BCUT2D eigenvalue weighted by molar-refractivity contribution is -0.384. The Morgan fingerprint density at radius 3 is 2.56 bits per heavy atom. The summed E-state index contributed by atoms with van der Waals surface area (Å²) in [5.74, 6) is 0. The average Bonchev–Trinajstić information content (AvgIpc) is 2.27. The molecule has 1 aromatic carbocycles. The maximum Gasteiger partial charge on any atom is 0.407 e. The Kier molecular flexibility index (Phi) is 4.26. The van der Waals surface area contributed by atoms with Crippen molar-refractivity contribution in [2.24, 2.45) is 0 Å². The van der Waals surface area contributed by atoms with Crippen LogP contribution in [-0.2, 0) is 11.3 Å². The van der Waals surface area contributed by atoms with Crippen LogP contribution in [0.2, 0.25) is 0 Å². The quantitative estimate of drug-likeness (QED) is 0.625. The highest BCUT2D eigenvalue weighted by atomic mass is 16.6. The summed E-state index contributed by atoms with van der Waals surface area (Å²) in [7, 11) is 0. The van der Waals surface area contributed by atoms with Crippen molar-refractivity contribution in [2.75, 3.05) is 6.61 Å². The molecule has 0 heterocycles. The molecular weight excluding hydrogens is 212 g/mol. The van der Waals surface area contributed by atoms with Crippen LogP contribution in [0.3, 0.4) is 0 Å². The van der Waals surface area contributed by atoms with Gasteiger partial charge in [-0.05, 0) is 12.5 Å². The van der Waals surface area contributed by atoms with Crippen molar-refractivity contribution in [3.05, 3.63) is 39.9 Å². The van der Waals surface area contributed by atoms with E-state index in [-0.39, 0.29) is 12.2 Å². The summed E-state index contributed by atoms with van der Waals surface area (Å²) < 4.78 is 4.67. The number of rotatable bonds is 4. The number of alkyl carbamates (subject to hydrolysis) is 1. The van der Waals surface area contributed by atoms with E-state index in [1.165, 1.54) is 12.1 Å². The van der Waals surface area contributed by atoms with Crippen molar-refractivity contribution in [1.29, 1.82) is 0 Å². The number of nitro benzene ring substituents is 1. The van der Waals surface area contributed by atoms with Gasteiger partial charge < -0.3 is 10.1 Å². The van der Waals surface area contributed by atoms with Crippen molar-refractivity contribution < 1.29 is 14.5 Å². The van der Waals surface area contributed by atoms with Crippen LogP contribution < -0.4 is 5.32 Å². The Hall–Kier alpha value is -2.11. The molecule has 0 aliphatic heterocycles. The van der Waals surface area contributed by atoms with Gasteiger partial charge in [0.2, 0.25) is 0 Å². The van der Waals surface area contributed by atoms with Crippen LogP contribution in [0, 0.1) is 10.1 Å². The maximum atomic E-state index is 10.9. The van der Waals surface area contributed by atoms with Gasteiger partial charge in [0.1, 0.15) is 0 Å². The first kappa shape index (κ1) is 12.0. The third kappa shape index (κ3) is 3.56. The number of benzene rings is 1. The van der Waals surface area contributed by atoms with E-state index < -0.39 is 11.0 Å². The van der Waals surface area contributed by atoms with Crippen molar-refractivity contribution in [2.45, 2.75) is 13.5 Å². The Labute approximate surface area is 92.4 Å². The molecule has 6 heteroatoms. The number of non-ortho nitro benzene ring substituents is 1. The highest BCUT2D eigenvalue weighted by Gasteiger charge is 2.04. The molecule has 1 N–H and O–H groups in total. The van der Waals surface area contributed by atoms with Crippen LogP contribution in [0.5, 0.6) is 0 Å². The summed E-state index contributed by atoms with van der Waals surface area (Å²) in [5, 5.41) is 12.9. The molecule has 6 nitrogen and oxygen atoms in total. The largest absolute Gasteiger partial charge is 0.450 e. The summed E-state index contributed by atoms with van der Waals surface area (Å²) in [6, 6.07) is 5.96. The summed E-state index contributed by atoms with van der Waals surface area (Å²) in [6.45, 7) is 2.31.